The molecular weight excluding hydrogens is 1280 g/mol. The first-order valence-corrected chi connectivity index (χ1v) is 41.1. The molecule has 0 N–H and O–H groups in total. The Kier molecular flexibility index (Phi) is 23.1. The van der Waals surface area contributed by atoms with Crippen LogP contribution in [0.3, 0.4) is 0 Å². The van der Waals surface area contributed by atoms with Gasteiger partial charge in [-0.2, -0.15) is 0 Å². The van der Waals surface area contributed by atoms with Crippen LogP contribution in [-0.4, -0.2) is 9.97 Å². The Labute approximate surface area is 560 Å². The number of aromatic nitrogens is 2. The molecule has 0 fully saturated rings. The number of fused-ring (bicyclic) bond motifs is 1. The largest absolute Gasteiger partial charge is 0.229 e. The van der Waals surface area contributed by atoms with Crippen LogP contribution >= 0.6 is 136 Å². The fourth-order valence-corrected chi connectivity index (χ4v) is 24.3. The highest BCUT2D eigenvalue weighted by Gasteiger charge is 2.25. The van der Waals surface area contributed by atoms with E-state index in [4.69, 9.17) is 9.97 Å². The average molecular weight is 1360 g/mol. The SMILES string of the molecule is CCCCCCc1ccc(-c2cc(C)sc2-c2sc(-c3nc4sc(C)nc4s3)cc2-c2ccc(CCCCCC)s2)s1.CCCCCCc1ccc(-c2ccc(-c3cc(C)sc3-c3sc(C)cc3-c3ccc(-c4ccc(CCCCCC)s4)s3)s2)s1. The van der Waals surface area contributed by atoms with Crippen molar-refractivity contribution in [3.05, 3.63) is 136 Å². The van der Waals surface area contributed by atoms with Crippen molar-refractivity contribution in [3.63, 3.8) is 0 Å². The number of hydrogen-bond donors (Lipinski definition) is 0. The Morgan fingerprint density at radius 1 is 0.267 bits per heavy atom. The summed E-state index contributed by atoms with van der Waals surface area (Å²) in [5, 5.41) is 2.19. The Morgan fingerprint density at radius 2 is 0.581 bits per heavy atom. The molecule has 450 valence electrons. The molecule has 0 saturated heterocycles. The van der Waals surface area contributed by atoms with Crippen LogP contribution in [0.25, 0.3) is 100 Å². The predicted octanol–water partition coefficient (Wildman–Crippen LogP) is 28.8. The van der Waals surface area contributed by atoms with Crippen LogP contribution in [0.2, 0.25) is 0 Å². The summed E-state index contributed by atoms with van der Waals surface area (Å²) in [5.74, 6) is 0. The summed E-state index contributed by atoms with van der Waals surface area (Å²) in [4.78, 5) is 40.1. The van der Waals surface area contributed by atoms with E-state index in [0.29, 0.717) is 0 Å². The van der Waals surface area contributed by atoms with Crippen LogP contribution in [0, 0.1) is 27.7 Å². The summed E-state index contributed by atoms with van der Waals surface area (Å²) in [6.07, 6.45) is 25.9. The fraction of sp³-hybridized carbons (Fsp3) is 0.389. The average Bonchev–Trinajstić information content (AvgIpc) is 4.43. The molecule has 12 aromatic heterocycles. The van der Waals surface area contributed by atoms with Crippen molar-refractivity contribution in [2.24, 2.45) is 0 Å². The predicted molar refractivity (Wildman–Crippen MR) is 400 cm³/mol. The van der Waals surface area contributed by atoms with Crippen molar-refractivity contribution in [1.82, 2.24) is 9.97 Å². The van der Waals surface area contributed by atoms with Crippen molar-refractivity contribution in [2.45, 2.75) is 184 Å². The number of aryl methyl sites for hydroxylation is 8. The number of unbranched alkanes of at least 4 members (excludes halogenated alkanes) is 12. The second-order valence-corrected chi connectivity index (χ2v) is 36.5. The highest BCUT2D eigenvalue weighted by atomic mass is 32.1. The molecule has 12 heterocycles. The zero-order chi connectivity index (χ0) is 59.5. The molecule has 0 amide bonds. The van der Waals surface area contributed by atoms with E-state index in [9.17, 15) is 0 Å². The minimum Gasteiger partial charge on any atom is -0.229 e. The highest BCUT2D eigenvalue weighted by molar-refractivity contribution is 7.31. The molecule has 0 aliphatic heterocycles. The topological polar surface area (TPSA) is 25.8 Å². The van der Waals surface area contributed by atoms with Gasteiger partial charge in [-0.3, -0.25) is 0 Å². The molecule has 0 saturated carbocycles. The van der Waals surface area contributed by atoms with Gasteiger partial charge in [0.25, 0.3) is 0 Å². The van der Waals surface area contributed by atoms with Gasteiger partial charge in [0.15, 0.2) is 9.66 Å². The minimum atomic E-state index is 1.06. The van der Waals surface area contributed by atoms with E-state index in [2.05, 4.69) is 152 Å². The fourth-order valence-electron chi connectivity index (χ4n) is 11.0. The zero-order valence-corrected chi connectivity index (χ0v) is 61.0. The van der Waals surface area contributed by atoms with Crippen LogP contribution in [0.15, 0.2) is 97.1 Å². The van der Waals surface area contributed by atoms with Gasteiger partial charge in [-0.15, -0.1) is 113 Å². The van der Waals surface area contributed by atoms with Crippen molar-refractivity contribution >= 4 is 146 Å². The van der Waals surface area contributed by atoms with Gasteiger partial charge in [0.05, 0.1) is 29.4 Å². The maximum absolute atomic E-state index is 5.03. The van der Waals surface area contributed by atoms with Gasteiger partial charge in [-0.05, 0) is 176 Å². The molecular formula is C72H80N2S12. The van der Waals surface area contributed by atoms with Gasteiger partial charge in [0, 0.05) is 95.4 Å². The lowest BCUT2D eigenvalue weighted by Gasteiger charge is -2.04. The third-order valence-electron chi connectivity index (χ3n) is 15.5. The molecule has 2 nitrogen and oxygen atoms in total. The lowest BCUT2D eigenvalue weighted by molar-refractivity contribution is 0.670. The molecule has 14 heteroatoms. The van der Waals surface area contributed by atoms with E-state index in [-0.39, 0.29) is 0 Å². The third-order valence-corrected chi connectivity index (χ3v) is 29.5. The first-order valence-electron chi connectivity index (χ1n) is 31.3. The molecule has 0 unspecified atom stereocenters. The summed E-state index contributed by atoms with van der Waals surface area (Å²) in [6.45, 7) is 18.0. The molecule has 0 aliphatic rings. The maximum Gasteiger partial charge on any atom is 0.155 e. The molecule has 0 bridgehead atoms. The standard InChI is InChI=1S/C38H42S6.C34H38N2S6/c1-5-7-9-11-13-27-15-17-33(41-27)35-21-19-31(43-35)29-23-25(3)39-37(29)38-30(24-26(4)40-38)32-20-22-36(44-32)34-18-16-28(42-34)14-12-10-8-6-2;1-5-7-9-11-13-23-15-17-27(39-23)25-19-21(3)37-30(25)31-26(28-18-16-24(40-28)14-12-10-8-6-2)20-29(41-31)32-36-34-33(42-32)35-22(4)38-34/h15-24H,5-14H2,1-4H3;15-20H,5-14H2,1-4H3. The van der Waals surface area contributed by atoms with E-state index < -0.39 is 0 Å². The third kappa shape index (κ3) is 16.0. The Hall–Kier alpha value is -3.48. The Balaban J connectivity index is 0.000000179. The zero-order valence-electron chi connectivity index (χ0n) is 51.2. The van der Waals surface area contributed by atoms with E-state index in [0.717, 1.165) is 19.7 Å². The van der Waals surface area contributed by atoms with Crippen LogP contribution < -0.4 is 0 Å². The van der Waals surface area contributed by atoms with Gasteiger partial charge < -0.3 is 0 Å². The Morgan fingerprint density at radius 3 is 0.977 bits per heavy atom. The minimum absolute atomic E-state index is 1.06. The number of thiophene rings is 10. The molecule has 0 aliphatic carbocycles. The van der Waals surface area contributed by atoms with Gasteiger partial charge >= 0.3 is 0 Å². The lowest BCUT2D eigenvalue weighted by atomic mass is 10.1. The second kappa shape index (κ2) is 31.0. The number of thiazole rings is 2. The summed E-state index contributed by atoms with van der Waals surface area (Å²) in [7, 11) is 0. The molecule has 86 heavy (non-hydrogen) atoms. The van der Waals surface area contributed by atoms with Crippen LogP contribution in [0.4, 0.5) is 0 Å². The van der Waals surface area contributed by atoms with Crippen LogP contribution in [-0.2, 0) is 25.7 Å². The quantitative estimate of drug-likeness (QED) is 0.0437. The van der Waals surface area contributed by atoms with Gasteiger partial charge in [-0.25, -0.2) is 9.97 Å². The summed E-state index contributed by atoms with van der Waals surface area (Å²) in [6, 6.07) is 37.9. The smallest absolute Gasteiger partial charge is 0.155 e. The molecule has 0 aromatic carbocycles. The summed E-state index contributed by atoms with van der Waals surface area (Å²) >= 11 is 23.0. The first kappa shape index (κ1) is 64.1. The molecule has 12 aromatic rings. The summed E-state index contributed by atoms with van der Waals surface area (Å²) in [5.41, 5.74) is 5.55. The van der Waals surface area contributed by atoms with Crippen molar-refractivity contribution in [2.75, 3.05) is 0 Å². The maximum atomic E-state index is 5.03. The molecule has 0 radical (unpaired) electrons. The van der Waals surface area contributed by atoms with Gasteiger partial charge in [0.2, 0.25) is 0 Å². The normalized spacial score (nSPS) is 11.7. The van der Waals surface area contributed by atoms with E-state index in [1.807, 2.05) is 113 Å². The number of nitrogens with zero attached hydrogens (tertiary/aromatic N) is 2. The highest BCUT2D eigenvalue weighted by Crippen LogP contribution is 2.54. The lowest BCUT2D eigenvalue weighted by Crippen LogP contribution is -1.80. The number of hydrogen-bond acceptors (Lipinski definition) is 14. The van der Waals surface area contributed by atoms with Crippen LogP contribution in [0.5, 0.6) is 0 Å². The van der Waals surface area contributed by atoms with E-state index >= 15 is 0 Å². The van der Waals surface area contributed by atoms with E-state index in [1.165, 1.54) is 248 Å². The second-order valence-electron chi connectivity index (χ2n) is 22.6. The Bertz CT molecular complexity index is 3890. The monoisotopic (exact) mass is 1360 g/mol. The first-order chi connectivity index (χ1) is 42.0. The van der Waals surface area contributed by atoms with Gasteiger partial charge in [0.1, 0.15) is 5.01 Å². The molecule has 0 atom stereocenters. The van der Waals surface area contributed by atoms with Crippen molar-refractivity contribution in [1.29, 1.82) is 0 Å². The van der Waals surface area contributed by atoms with Gasteiger partial charge in [-0.1, -0.05) is 127 Å². The number of rotatable bonds is 29. The van der Waals surface area contributed by atoms with Crippen molar-refractivity contribution < 1.29 is 0 Å². The van der Waals surface area contributed by atoms with E-state index in [1.54, 1.807) is 22.7 Å². The molecule has 12 rings (SSSR count). The van der Waals surface area contributed by atoms with Crippen LogP contribution in [0.1, 0.15) is 170 Å². The molecule has 0 spiro atoms. The summed E-state index contributed by atoms with van der Waals surface area (Å²) < 4.78 is 0. The van der Waals surface area contributed by atoms with Crippen molar-refractivity contribution in [3.8, 4) is 90.7 Å².